The smallest absolute Gasteiger partial charge is 0.410 e. The van der Waals surface area contributed by atoms with Crippen LogP contribution in [0.25, 0.3) is 32.8 Å². The van der Waals surface area contributed by atoms with Crippen LogP contribution in [-0.2, 0) is 15.9 Å². The first-order valence-corrected chi connectivity index (χ1v) is 18.9. The minimum atomic E-state index is -0.973. The maximum Gasteiger partial charge on any atom is 0.410 e. The van der Waals surface area contributed by atoms with E-state index in [4.69, 9.17) is 19.2 Å². The Kier molecular flexibility index (Phi) is 9.37. The molecule has 54 heavy (non-hydrogen) atoms. The SMILES string of the molecule is CCc1cccc2cc(OCOC)cc(-c3c(F)cc4c(N5CC6CCC(C5)N6C(=O)OC(C)(C)C)nc(C#C[C@@]56CCCN5C[C@H](F)C6)nc4c3F)c12. The number of nitrogens with zero attached hydrogens (tertiary/aromatic N) is 5. The summed E-state index contributed by atoms with van der Waals surface area (Å²) in [7, 11) is 1.51. The average Bonchev–Trinajstić information content (AvgIpc) is 3.75. The van der Waals surface area contributed by atoms with E-state index < -0.39 is 28.9 Å². The van der Waals surface area contributed by atoms with Crippen LogP contribution < -0.4 is 9.64 Å². The Labute approximate surface area is 313 Å². The van der Waals surface area contributed by atoms with Gasteiger partial charge in [0, 0.05) is 38.6 Å². The number of rotatable bonds is 6. The first-order chi connectivity index (χ1) is 25.9. The molecule has 3 aromatic carbocycles. The molecule has 9 nitrogen and oxygen atoms in total. The summed E-state index contributed by atoms with van der Waals surface area (Å²) in [4.78, 5) is 28.7. The summed E-state index contributed by atoms with van der Waals surface area (Å²) < 4.78 is 65.5. The zero-order valence-corrected chi connectivity index (χ0v) is 31.5. The van der Waals surface area contributed by atoms with Crippen molar-refractivity contribution in [1.29, 1.82) is 0 Å². The Hall–Kier alpha value is -4.60. The van der Waals surface area contributed by atoms with Gasteiger partial charge in [0.1, 0.15) is 34.7 Å². The van der Waals surface area contributed by atoms with Crippen molar-refractivity contribution >= 4 is 33.6 Å². The molecule has 4 saturated heterocycles. The molecule has 0 spiro atoms. The molecule has 1 amide bonds. The van der Waals surface area contributed by atoms with Crippen LogP contribution in [0.4, 0.5) is 23.8 Å². The van der Waals surface area contributed by atoms with E-state index in [1.807, 2.05) is 61.8 Å². The highest BCUT2D eigenvalue weighted by molar-refractivity contribution is 6.03. The molecule has 0 N–H and O–H groups in total. The fourth-order valence-electron chi connectivity index (χ4n) is 9.06. The highest BCUT2D eigenvalue weighted by Crippen LogP contribution is 2.43. The van der Waals surface area contributed by atoms with Crippen LogP contribution in [0, 0.1) is 23.5 Å². The van der Waals surface area contributed by atoms with Gasteiger partial charge in [-0.1, -0.05) is 31.0 Å². The Bertz CT molecular complexity index is 2180. The van der Waals surface area contributed by atoms with Gasteiger partial charge in [-0.25, -0.2) is 27.9 Å². The molecule has 0 aliphatic carbocycles. The highest BCUT2D eigenvalue weighted by Gasteiger charge is 2.48. The lowest BCUT2D eigenvalue weighted by molar-refractivity contribution is 0.0123. The lowest BCUT2D eigenvalue weighted by Crippen LogP contribution is -2.57. The Morgan fingerprint density at radius 3 is 2.57 bits per heavy atom. The molecule has 1 aromatic heterocycles. The summed E-state index contributed by atoms with van der Waals surface area (Å²) in [5.41, 5.74) is -0.303. The molecular formula is C42H46F3N5O4. The zero-order chi connectivity index (χ0) is 37.9. The maximum absolute atomic E-state index is 17.4. The van der Waals surface area contributed by atoms with Gasteiger partial charge in [0.05, 0.1) is 23.2 Å². The topological polar surface area (TPSA) is 80.3 Å². The van der Waals surface area contributed by atoms with Gasteiger partial charge < -0.3 is 19.1 Å². The van der Waals surface area contributed by atoms with E-state index in [1.54, 1.807) is 6.07 Å². The van der Waals surface area contributed by atoms with Gasteiger partial charge in [-0.3, -0.25) is 9.80 Å². The Morgan fingerprint density at radius 1 is 1.07 bits per heavy atom. The van der Waals surface area contributed by atoms with Crippen LogP contribution in [0.2, 0.25) is 0 Å². The average molecular weight is 742 g/mol. The van der Waals surface area contributed by atoms with Gasteiger partial charge in [-0.15, -0.1) is 0 Å². The van der Waals surface area contributed by atoms with Crippen LogP contribution >= 0.6 is 0 Å². The number of piperazine rings is 1. The Balaban J connectivity index is 1.29. The van der Waals surface area contributed by atoms with E-state index >= 15 is 8.78 Å². The normalized spacial score (nSPS) is 23.9. The van der Waals surface area contributed by atoms with Crippen molar-refractivity contribution in [2.24, 2.45) is 0 Å². The fraction of sp³-hybridized carbons (Fsp3) is 0.500. The van der Waals surface area contributed by atoms with Gasteiger partial charge in [0.2, 0.25) is 5.82 Å². The number of aromatic nitrogens is 2. The molecular weight excluding hydrogens is 695 g/mol. The number of halogens is 3. The second-order valence-corrected chi connectivity index (χ2v) is 16.0. The molecule has 4 aliphatic rings. The van der Waals surface area contributed by atoms with Crippen LogP contribution in [0.5, 0.6) is 5.75 Å². The Morgan fingerprint density at radius 2 is 1.85 bits per heavy atom. The summed E-state index contributed by atoms with van der Waals surface area (Å²) in [5, 5.41) is 1.70. The van der Waals surface area contributed by atoms with Crippen molar-refractivity contribution in [3.8, 4) is 28.7 Å². The first-order valence-electron chi connectivity index (χ1n) is 18.9. The van der Waals surface area contributed by atoms with Gasteiger partial charge in [-0.2, -0.15) is 0 Å². The van der Waals surface area contributed by atoms with Crippen LogP contribution in [-0.4, -0.2) is 95.3 Å². The zero-order valence-electron chi connectivity index (χ0n) is 31.5. The summed E-state index contributed by atoms with van der Waals surface area (Å²) in [6.07, 6.45) is 2.77. The number of ether oxygens (including phenoxy) is 3. The summed E-state index contributed by atoms with van der Waals surface area (Å²) >= 11 is 0. The minimum absolute atomic E-state index is 0.0367. The summed E-state index contributed by atoms with van der Waals surface area (Å²) in [6.45, 7) is 9.38. The predicted octanol–water partition coefficient (Wildman–Crippen LogP) is 7.79. The third-order valence-corrected chi connectivity index (χ3v) is 11.3. The molecule has 0 saturated carbocycles. The molecule has 4 atom stereocenters. The quantitative estimate of drug-likeness (QED) is 0.147. The van der Waals surface area contributed by atoms with E-state index in [0.717, 1.165) is 43.2 Å². The van der Waals surface area contributed by atoms with Crippen molar-refractivity contribution in [1.82, 2.24) is 19.8 Å². The summed E-state index contributed by atoms with van der Waals surface area (Å²) in [5.74, 6) is 5.67. The molecule has 4 aliphatic heterocycles. The second kappa shape index (κ2) is 13.9. The predicted molar refractivity (Wildman–Crippen MR) is 201 cm³/mol. The van der Waals surface area contributed by atoms with E-state index in [2.05, 4.69) is 21.7 Å². The number of anilines is 1. The van der Waals surface area contributed by atoms with Crippen molar-refractivity contribution < 1.29 is 32.2 Å². The number of fused-ring (bicyclic) bond motifs is 5. The molecule has 0 radical (unpaired) electrons. The van der Waals surface area contributed by atoms with Crippen LogP contribution in [0.1, 0.15) is 71.2 Å². The molecule has 4 fully saturated rings. The van der Waals surface area contributed by atoms with Crippen molar-refractivity contribution in [3.05, 3.63) is 59.4 Å². The first kappa shape index (κ1) is 36.4. The van der Waals surface area contributed by atoms with Gasteiger partial charge in [0.25, 0.3) is 0 Å². The molecule has 284 valence electrons. The fourth-order valence-corrected chi connectivity index (χ4v) is 9.06. The van der Waals surface area contributed by atoms with E-state index in [9.17, 15) is 9.18 Å². The summed E-state index contributed by atoms with van der Waals surface area (Å²) in [6, 6.07) is 10.2. The number of hydrogen-bond acceptors (Lipinski definition) is 8. The number of methoxy groups -OCH3 is 1. The monoisotopic (exact) mass is 741 g/mol. The third-order valence-electron chi connectivity index (χ3n) is 11.3. The molecule has 2 bridgehead atoms. The van der Waals surface area contributed by atoms with Crippen LogP contribution in [0.15, 0.2) is 36.4 Å². The second-order valence-electron chi connectivity index (χ2n) is 16.0. The molecule has 8 rings (SSSR count). The van der Waals surface area contributed by atoms with Crippen molar-refractivity contribution in [2.75, 3.05) is 45.0 Å². The lowest BCUT2D eigenvalue weighted by Gasteiger charge is -2.42. The molecule has 4 aromatic rings. The standard InChI is InChI=1S/C42H46F3N5O4/c1-6-25-9-7-10-26-17-30(53-24-52-5)18-31(35(25)26)36-33(44)19-32-38(37(36)45)46-34(13-15-42-14-8-16-49(42)21-27(43)20-42)47-39(32)48-22-28-11-12-29(23-48)50(28)40(51)54-41(2,3)4/h7,9-10,17-19,27-29H,6,8,11-12,14,16,20-24H2,1-5H3/t27-,28?,29?,42-/m1/s1. The molecule has 12 heteroatoms. The number of hydrogen-bond donors (Lipinski definition) is 0. The number of benzene rings is 3. The van der Waals surface area contributed by atoms with Gasteiger partial charge in [-0.05, 0) is 105 Å². The maximum atomic E-state index is 17.4. The van der Waals surface area contributed by atoms with Gasteiger partial charge in [0.15, 0.2) is 12.6 Å². The number of carbonyl (C=O) groups is 1. The number of carbonyl (C=O) groups excluding carboxylic acids is 1. The third kappa shape index (κ3) is 6.49. The number of amides is 1. The molecule has 2 unspecified atom stereocenters. The number of aryl methyl sites for hydroxylation is 1. The number of alkyl halides is 1. The highest BCUT2D eigenvalue weighted by atomic mass is 19.1. The van der Waals surface area contributed by atoms with Crippen LogP contribution in [0.3, 0.4) is 0 Å². The van der Waals surface area contributed by atoms with E-state index in [0.29, 0.717) is 55.0 Å². The van der Waals surface area contributed by atoms with E-state index in [-0.39, 0.29) is 47.3 Å². The van der Waals surface area contributed by atoms with Crippen molar-refractivity contribution in [2.45, 2.75) is 95.6 Å². The lowest BCUT2D eigenvalue weighted by atomic mass is 9.92. The van der Waals surface area contributed by atoms with Crippen molar-refractivity contribution in [3.63, 3.8) is 0 Å². The minimum Gasteiger partial charge on any atom is -0.468 e. The van der Waals surface area contributed by atoms with Gasteiger partial charge >= 0.3 is 6.09 Å². The molecule has 5 heterocycles. The van der Waals surface area contributed by atoms with E-state index in [1.165, 1.54) is 13.2 Å². The largest absolute Gasteiger partial charge is 0.468 e.